The van der Waals surface area contributed by atoms with Crippen LogP contribution >= 0.6 is 7.82 Å². The predicted octanol–water partition coefficient (Wildman–Crippen LogP) is 3.34. The molecule has 0 atom stereocenters. The Bertz CT molecular complexity index is 375. The summed E-state index contributed by atoms with van der Waals surface area (Å²) in [6, 6.07) is 0. The molecule has 0 radical (unpaired) electrons. The van der Waals surface area contributed by atoms with E-state index in [4.69, 9.17) is 14.5 Å². The first-order valence-electron chi connectivity index (χ1n) is 7.37. The van der Waals surface area contributed by atoms with Crippen LogP contribution in [0.5, 0.6) is 0 Å². The highest BCUT2D eigenvalue weighted by molar-refractivity contribution is 7.46. The molecule has 6 nitrogen and oxygen atoms in total. The molecule has 0 unspecified atom stereocenters. The zero-order valence-corrected chi connectivity index (χ0v) is 14.0. The van der Waals surface area contributed by atoms with Crippen molar-refractivity contribution in [1.29, 1.82) is 0 Å². The molecule has 0 rings (SSSR count). The van der Waals surface area contributed by atoms with Crippen LogP contribution in [0.3, 0.4) is 0 Å². The van der Waals surface area contributed by atoms with Gasteiger partial charge in [-0.2, -0.15) is 0 Å². The maximum absolute atomic E-state index is 11.9. The van der Waals surface area contributed by atoms with Crippen LogP contribution in [0.1, 0.15) is 59.3 Å². The molecule has 0 aliphatic carbocycles. The van der Waals surface area contributed by atoms with E-state index in [1.807, 2.05) is 0 Å². The quantitative estimate of drug-likeness (QED) is 0.262. The van der Waals surface area contributed by atoms with Crippen molar-refractivity contribution >= 4 is 13.8 Å². The van der Waals surface area contributed by atoms with Gasteiger partial charge in [0.2, 0.25) is 0 Å². The molecule has 0 heterocycles. The fourth-order valence-corrected chi connectivity index (χ4v) is 2.14. The number of allylic oxidation sites excluding steroid dienone is 1. The molecule has 7 heteroatoms. The van der Waals surface area contributed by atoms with Crippen molar-refractivity contribution in [2.24, 2.45) is 0 Å². The fourth-order valence-electron chi connectivity index (χ4n) is 1.82. The zero-order valence-electron chi connectivity index (χ0n) is 13.1. The van der Waals surface area contributed by atoms with Crippen LogP contribution in [0.2, 0.25) is 0 Å². The normalized spacial score (nSPS) is 11.3. The molecule has 0 amide bonds. The first-order valence-corrected chi connectivity index (χ1v) is 8.90. The molecule has 0 saturated heterocycles. The Labute approximate surface area is 126 Å². The van der Waals surface area contributed by atoms with Crippen LogP contribution in [-0.2, 0) is 18.6 Å². The molecule has 0 aliphatic heterocycles. The van der Waals surface area contributed by atoms with Crippen molar-refractivity contribution < 1.29 is 28.4 Å². The molecule has 124 valence electrons. The van der Waals surface area contributed by atoms with Gasteiger partial charge in [-0.05, 0) is 32.6 Å². The van der Waals surface area contributed by atoms with E-state index in [0.29, 0.717) is 5.57 Å². The molecule has 0 saturated carbocycles. The highest BCUT2D eigenvalue weighted by Gasteiger charge is 2.15. The maximum Gasteiger partial charge on any atom is 0.469 e. The fraction of sp³-hybridized carbons (Fsp3) is 0.786. The van der Waals surface area contributed by atoms with Gasteiger partial charge in [0.05, 0.1) is 6.61 Å². The van der Waals surface area contributed by atoms with E-state index in [1.54, 1.807) is 6.92 Å². The van der Waals surface area contributed by atoms with Crippen LogP contribution in [0, 0.1) is 0 Å². The summed E-state index contributed by atoms with van der Waals surface area (Å²) in [5, 5.41) is 0. The van der Waals surface area contributed by atoms with Gasteiger partial charge in [-0.1, -0.05) is 32.3 Å². The second kappa shape index (κ2) is 11.0. The van der Waals surface area contributed by atoms with Gasteiger partial charge < -0.3 is 14.5 Å². The average molecular weight is 322 g/mol. The van der Waals surface area contributed by atoms with Gasteiger partial charge in [-0.3, -0.25) is 4.52 Å². The second-order valence-electron chi connectivity index (χ2n) is 4.90. The molecule has 0 aromatic carbocycles. The third-order valence-corrected chi connectivity index (χ3v) is 3.60. The van der Waals surface area contributed by atoms with Gasteiger partial charge in [0, 0.05) is 5.57 Å². The first-order chi connectivity index (χ1) is 9.81. The van der Waals surface area contributed by atoms with Gasteiger partial charge in [0.1, 0.15) is 6.61 Å². The minimum Gasteiger partial charge on any atom is -0.460 e. The monoisotopic (exact) mass is 322 g/mol. The summed E-state index contributed by atoms with van der Waals surface area (Å²) in [6.07, 6.45) is 5.96. The Morgan fingerprint density at radius 1 is 1.05 bits per heavy atom. The van der Waals surface area contributed by atoms with E-state index in [1.165, 1.54) is 0 Å². The minimum absolute atomic E-state index is 0.171. The Morgan fingerprint density at radius 2 is 1.57 bits per heavy atom. The predicted molar refractivity (Wildman–Crippen MR) is 80.7 cm³/mol. The summed E-state index contributed by atoms with van der Waals surface area (Å²) >= 11 is 0. The molecule has 0 bridgehead atoms. The van der Waals surface area contributed by atoms with Crippen molar-refractivity contribution in [2.75, 3.05) is 13.2 Å². The molecule has 0 spiro atoms. The summed E-state index contributed by atoms with van der Waals surface area (Å²) in [7, 11) is -4.50. The van der Waals surface area contributed by atoms with Crippen molar-refractivity contribution in [3.63, 3.8) is 0 Å². The summed E-state index contributed by atoms with van der Waals surface area (Å²) in [5.74, 6) is -0.438. The molecule has 0 aliphatic rings. The number of esters is 1. The maximum atomic E-state index is 11.9. The number of carbonyl (C=O) groups excluding carboxylic acids is 1. The number of rotatable bonds is 11. The molecule has 21 heavy (non-hydrogen) atoms. The highest BCUT2D eigenvalue weighted by Crippen LogP contribution is 2.35. The first kappa shape index (κ1) is 20.3. The van der Waals surface area contributed by atoms with Crippen molar-refractivity contribution in [1.82, 2.24) is 0 Å². The molecule has 2 N–H and O–H groups in total. The topological polar surface area (TPSA) is 93.1 Å². The summed E-state index contributed by atoms with van der Waals surface area (Å²) in [4.78, 5) is 28.9. The van der Waals surface area contributed by atoms with E-state index in [-0.39, 0.29) is 13.2 Å². The molecule has 0 fully saturated rings. The lowest BCUT2D eigenvalue weighted by Gasteiger charge is -2.12. The van der Waals surface area contributed by atoms with Crippen molar-refractivity contribution in [2.45, 2.75) is 59.3 Å². The van der Waals surface area contributed by atoms with Gasteiger partial charge in [0.15, 0.2) is 0 Å². The number of ether oxygens (including phenoxy) is 1. The van der Waals surface area contributed by atoms with E-state index < -0.39 is 13.8 Å². The van der Waals surface area contributed by atoms with Gasteiger partial charge in [0.25, 0.3) is 0 Å². The van der Waals surface area contributed by atoms with E-state index >= 15 is 0 Å². The van der Waals surface area contributed by atoms with Gasteiger partial charge >= 0.3 is 13.8 Å². The number of carbonyl (C=O) groups is 1. The largest absolute Gasteiger partial charge is 0.469 e. The van der Waals surface area contributed by atoms with E-state index in [2.05, 4.69) is 18.4 Å². The summed E-state index contributed by atoms with van der Waals surface area (Å²) in [6.45, 7) is 5.46. The van der Waals surface area contributed by atoms with E-state index in [0.717, 1.165) is 44.1 Å². The lowest BCUT2D eigenvalue weighted by molar-refractivity contribution is -0.139. The SMILES string of the molecule is CCCCC(CCCC)=C(C)C(=O)OCCOP(=O)(O)O. The Morgan fingerprint density at radius 3 is 2.00 bits per heavy atom. The molecule has 0 aromatic rings. The van der Waals surface area contributed by atoms with Crippen LogP contribution in [0.15, 0.2) is 11.1 Å². The summed E-state index contributed by atoms with van der Waals surface area (Å²) < 4.78 is 19.7. The van der Waals surface area contributed by atoms with Gasteiger partial charge in [-0.15, -0.1) is 0 Å². The van der Waals surface area contributed by atoms with Gasteiger partial charge in [-0.25, -0.2) is 9.36 Å². The Kier molecular flexibility index (Phi) is 10.6. The molecular weight excluding hydrogens is 295 g/mol. The number of phosphoric acid groups is 1. The van der Waals surface area contributed by atoms with E-state index in [9.17, 15) is 9.36 Å². The lowest BCUT2D eigenvalue weighted by Crippen LogP contribution is -2.12. The number of phosphoric ester groups is 1. The Hall–Kier alpha value is -0.680. The van der Waals surface area contributed by atoms with Crippen LogP contribution in [-0.4, -0.2) is 29.0 Å². The number of unbranched alkanes of at least 4 members (excludes halogenated alkanes) is 2. The molecular formula is C14H27O6P. The van der Waals surface area contributed by atoms with Crippen LogP contribution < -0.4 is 0 Å². The van der Waals surface area contributed by atoms with Crippen LogP contribution in [0.25, 0.3) is 0 Å². The smallest absolute Gasteiger partial charge is 0.460 e. The average Bonchev–Trinajstić information content (AvgIpc) is 2.42. The van der Waals surface area contributed by atoms with Crippen molar-refractivity contribution in [3.05, 3.63) is 11.1 Å². The van der Waals surface area contributed by atoms with Crippen molar-refractivity contribution in [3.8, 4) is 0 Å². The van der Waals surface area contributed by atoms with Crippen LogP contribution in [0.4, 0.5) is 0 Å². The number of hydrogen-bond acceptors (Lipinski definition) is 4. The zero-order chi connectivity index (χ0) is 16.3. The Balaban J connectivity index is 4.43. The lowest BCUT2D eigenvalue weighted by atomic mass is 9.98. The number of hydrogen-bond donors (Lipinski definition) is 2. The third kappa shape index (κ3) is 10.7. The minimum atomic E-state index is -4.50. The third-order valence-electron chi connectivity index (χ3n) is 3.08. The summed E-state index contributed by atoms with van der Waals surface area (Å²) in [5.41, 5.74) is 1.72. The highest BCUT2D eigenvalue weighted by atomic mass is 31.2. The second-order valence-corrected chi connectivity index (χ2v) is 6.13. The standard InChI is InChI=1S/C14H27O6P/c1-4-6-8-13(9-7-5-2)12(3)14(15)19-10-11-20-21(16,17)18/h4-11H2,1-3H3,(H2,16,17,18). The molecule has 0 aromatic heterocycles.